The number of hydrogen-bond donors (Lipinski definition) is 0. The molecule has 1 atom stereocenters. The summed E-state index contributed by atoms with van der Waals surface area (Å²) in [5.41, 5.74) is 2.71. The number of fused-ring (bicyclic) bond motifs is 1. The van der Waals surface area contributed by atoms with Crippen LogP contribution in [0.2, 0.25) is 10.0 Å². The molecule has 0 amide bonds. The van der Waals surface area contributed by atoms with Crippen molar-refractivity contribution in [3.05, 3.63) is 85.5 Å². The fraction of sp³-hybridized carbons (Fsp3) is 0.176. The van der Waals surface area contributed by atoms with E-state index in [1.807, 2.05) is 41.4 Å². The Bertz CT molecular complexity index is 757. The molecular weight excluding hydrogens is 335 g/mol. The number of nitro groups is 1. The zero-order valence-corrected chi connectivity index (χ0v) is 13.7. The molecule has 0 radical (unpaired) electrons. The summed E-state index contributed by atoms with van der Waals surface area (Å²) in [6, 6.07) is 12.7. The summed E-state index contributed by atoms with van der Waals surface area (Å²) < 4.78 is 0. The minimum absolute atomic E-state index is 0.177. The van der Waals surface area contributed by atoms with E-state index in [9.17, 15) is 10.1 Å². The number of rotatable bonds is 4. The van der Waals surface area contributed by atoms with E-state index in [0.29, 0.717) is 16.6 Å². The number of nitrogens with zero attached hydrogens (tertiary/aromatic N) is 2. The number of benzene rings is 2. The fourth-order valence-corrected chi connectivity index (χ4v) is 3.31. The molecule has 0 aromatic heterocycles. The van der Waals surface area contributed by atoms with E-state index in [1.165, 1.54) is 0 Å². The van der Waals surface area contributed by atoms with Crippen LogP contribution in [-0.2, 0) is 6.54 Å². The van der Waals surface area contributed by atoms with Crippen LogP contribution in [-0.4, -0.2) is 16.4 Å². The van der Waals surface area contributed by atoms with Gasteiger partial charge in [-0.2, -0.15) is 0 Å². The first-order valence-corrected chi connectivity index (χ1v) is 7.89. The van der Waals surface area contributed by atoms with Gasteiger partial charge >= 0.3 is 0 Å². The van der Waals surface area contributed by atoms with Crippen molar-refractivity contribution in [3.63, 3.8) is 0 Å². The van der Waals surface area contributed by atoms with Gasteiger partial charge in [-0.15, -0.1) is 0 Å². The molecule has 23 heavy (non-hydrogen) atoms. The predicted octanol–water partition coefficient (Wildman–Crippen LogP) is 4.80. The lowest BCUT2D eigenvalue weighted by atomic mass is 9.95. The molecule has 0 saturated carbocycles. The van der Waals surface area contributed by atoms with Gasteiger partial charge in [0.25, 0.3) is 0 Å². The molecule has 1 aliphatic rings. The van der Waals surface area contributed by atoms with Gasteiger partial charge in [-0.25, -0.2) is 0 Å². The highest BCUT2D eigenvalue weighted by molar-refractivity contribution is 6.35. The van der Waals surface area contributed by atoms with Gasteiger partial charge < -0.3 is 4.90 Å². The average Bonchev–Trinajstić information content (AvgIpc) is 2.52. The van der Waals surface area contributed by atoms with Crippen LogP contribution in [0.4, 0.5) is 0 Å². The molecule has 1 aliphatic heterocycles. The normalized spacial score (nSPS) is 16.3. The van der Waals surface area contributed by atoms with Crippen LogP contribution in [0, 0.1) is 10.1 Å². The molecule has 0 fully saturated rings. The maximum absolute atomic E-state index is 11.1. The van der Waals surface area contributed by atoms with Crippen LogP contribution in [0.1, 0.15) is 22.7 Å². The lowest BCUT2D eigenvalue weighted by Crippen LogP contribution is -2.31. The molecule has 0 aliphatic carbocycles. The van der Waals surface area contributed by atoms with E-state index >= 15 is 0 Å². The molecule has 0 unspecified atom stereocenters. The quantitative estimate of drug-likeness (QED) is 0.589. The van der Waals surface area contributed by atoms with Crippen molar-refractivity contribution in [2.75, 3.05) is 6.54 Å². The molecule has 0 bridgehead atoms. The summed E-state index contributed by atoms with van der Waals surface area (Å²) >= 11 is 12.5. The molecule has 2 aromatic rings. The van der Waals surface area contributed by atoms with E-state index < -0.39 is 0 Å². The minimum Gasteiger partial charge on any atom is -0.360 e. The molecular formula is C17H14Cl2N2O2. The minimum atomic E-state index is -0.349. The largest absolute Gasteiger partial charge is 0.360 e. The van der Waals surface area contributed by atoms with Gasteiger partial charge in [0, 0.05) is 33.3 Å². The van der Waals surface area contributed by atoms with Crippen molar-refractivity contribution in [3.8, 4) is 0 Å². The lowest BCUT2D eigenvalue weighted by Gasteiger charge is -2.33. The highest BCUT2D eigenvalue weighted by Crippen LogP contribution is 2.34. The average molecular weight is 349 g/mol. The van der Waals surface area contributed by atoms with Crippen molar-refractivity contribution in [2.45, 2.75) is 12.6 Å². The molecule has 2 aromatic carbocycles. The molecule has 0 N–H and O–H groups in total. The Morgan fingerprint density at radius 1 is 1.09 bits per heavy atom. The summed E-state index contributed by atoms with van der Waals surface area (Å²) in [4.78, 5) is 12.7. The third-order valence-corrected chi connectivity index (χ3v) is 4.63. The van der Waals surface area contributed by atoms with Gasteiger partial charge in [0.2, 0.25) is 6.54 Å². The summed E-state index contributed by atoms with van der Waals surface area (Å²) in [5.74, 6) is 0. The topological polar surface area (TPSA) is 46.4 Å². The van der Waals surface area contributed by atoms with Crippen molar-refractivity contribution in [1.82, 2.24) is 4.90 Å². The Morgan fingerprint density at radius 2 is 1.78 bits per heavy atom. The standard InChI is InChI=1S/C17H14Cl2N2O2/c18-15-6-3-7-16(19)14(15)10-20-9-8-12-4-1-2-5-13(12)17(20)11-21(22)23/h1-9,17H,10-11H2/t17-/m0/s1. The second-order valence-electron chi connectivity index (χ2n) is 5.35. The van der Waals surface area contributed by atoms with Crippen LogP contribution in [0.25, 0.3) is 6.08 Å². The van der Waals surface area contributed by atoms with Gasteiger partial charge in [-0.3, -0.25) is 10.1 Å². The predicted molar refractivity (Wildman–Crippen MR) is 92.1 cm³/mol. The SMILES string of the molecule is O=[N+]([O-])C[C@H]1c2ccccc2C=CN1Cc1c(Cl)cccc1Cl. The molecule has 4 nitrogen and oxygen atoms in total. The van der Waals surface area contributed by atoms with Gasteiger partial charge in [-0.1, -0.05) is 53.5 Å². The molecule has 0 saturated heterocycles. The Labute approximate surface area is 144 Å². The maximum atomic E-state index is 11.1. The van der Waals surface area contributed by atoms with Gasteiger partial charge in [0.05, 0.1) is 0 Å². The molecule has 6 heteroatoms. The van der Waals surface area contributed by atoms with Gasteiger partial charge in [0.15, 0.2) is 0 Å². The zero-order chi connectivity index (χ0) is 16.4. The molecule has 118 valence electrons. The van der Waals surface area contributed by atoms with Crippen LogP contribution >= 0.6 is 23.2 Å². The monoisotopic (exact) mass is 348 g/mol. The first-order valence-electron chi connectivity index (χ1n) is 7.14. The van der Waals surface area contributed by atoms with Crippen LogP contribution in [0.15, 0.2) is 48.7 Å². The summed E-state index contributed by atoms with van der Waals surface area (Å²) in [5, 5.41) is 12.2. The Hall–Kier alpha value is -2.04. The van der Waals surface area contributed by atoms with E-state index in [1.54, 1.807) is 18.2 Å². The second kappa shape index (κ2) is 6.60. The number of halogens is 2. The van der Waals surface area contributed by atoms with E-state index in [-0.39, 0.29) is 17.5 Å². The van der Waals surface area contributed by atoms with Crippen molar-refractivity contribution in [1.29, 1.82) is 0 Å². The number of hydrogen-bond acceptors (Lipinski definition) is 3. The Kier molecular flexibility index (Phi) is 4.55. The maximum Gasteiger partial charge on any atom is 0.228 e. The van der Waals surface area contributed by atoms with Gasteiger partial charge in [-0.05, 0) is 29.3 Å². The molecule has 0 spiro atoms. The third-order valence-electron chi connectivity index (χ3n) is 3.93. The van der Waals surface area contributed by atoms with Crippen molar-refractivity contribution >= 4 is 29.3 Å². The zero-order valence-electron chi connectivity index (χ0n) is 12.2. The van der Waals surface area contributed by atoms with Crippen molar-refractivity contribution in [2.24, 2.45) is 0 Å². The second-order valence-corrected chi connectivity index (χ2v) is 6.16. The van der Waals surface area contributed by atoms with Crippen LogP contribution in [0.3, 0.4) is 0 Å². The third kappa shape index (κ3) is 3.33. The summed E-state index contributed by atoms with van der Waals surface area (Å²) in [7, 11) is 0. The highest BCUT2D eigenvalue weighted by atomic mass is 35.5. The van der Waals surface area contributed by atoms with Crippen LogP contribution < -0.4 is 0 Å². The van der Waals surface area contributed by atoms with E-state index in [2.05, 4.69) is 0 Å². The van der Waals surface area contributed by atoms with Crippen molar-refractivity contribution < 1.29 is 4.92 Å². The summed E-state index contributed by atoms with van der Waals surface area (Å²) in [6.07, 6.45) is 3.83. The summed E-state index contributed by atoms with van der Waals surface area (Å²) in [6.45, 7) is 0.241. The highest BCUT2D eigenvalue weighted by Gasteiger charge is 2.28. The Balaban J connectivity index is 1.96. The molecule has 3 rings (SSSR count). The fourth-order valence-electron chi connectivity index (χ4n) is 2.80. The van der Waals surface area contributed by atoms with E-state index in [0.717, 1.165) is 16.7 Å². The van der Waals surface area contributed by atoms with Crippen LogP contribution in [0.5, 0.6) is 0 Å². The first kappa shape index (κ1) is 15.8. The van der Waals surface area contributed by atoms with E-state index in [4.69, 9.17) is 23.2 Å². The Morgan fingerprint density at radius 3 is 2.48 bits per heavy atom. The molecule has 1 heterocycles. The lowest BCUT2D eigenvalue weighted by molar-refractivity contribution is -0.487. The smallest absolute Gasteiger partial charge is 0.228 e. The first-order chi connectivity index (χ1) is 11.1. The van der Waals surface area contributed by atoms with Gasteiger partial charge in [0.1, 0.15) is 6.04 Å².